The van der Waals surface area contributed by atoms with Gasteiger partial charge in [-0.1, -0.05) is 12.1 Å². The van der Waals surface area contributed by atoms with Crippen LogP contribution < -0.4 is 0 Å². The van der Waals surface area contributed by atoms with Crippen molar-refractivity contribution in [3.05, 3.63) is 34.9 Å². The molecule has 1 aromatic rings. The van der Waals surface area contributed by atoms with Crippen LogP contribution in [-0.4, -0.2) is 54.6 Å². The predicted octanol–water partition coefficient (Wildman–Crippen LogP) is 2.00. The number of aliphatic hydroxyl groups is 1. The first-order chi connectivity index (χ1) is 12.6. The van der Waals surface area contributed by atoms with Gasteiger partial charge in [-0.2, -0.15) is 0 Å². The van der Waals surface area contributed by atoms with Gasteiger partial charge < -0.3 is 14.7 Å². The molecule has 140 valence electrons. The molecule has 0 unspecified atom stereocenters. The van der Waals surface area contributed by atoms with E-state index in [0.29, 0.717) is 17.4 Å². The zero-order valence-electron chi connectivity index (χ0n) is 15.2. The molecule has 0 radical (unpaired) electrons. The highest BCUT2D eigenvalue weighted by Gasteiger charge is 2.48. The van der Waals surface area contributed by atoms with Gasteiger partial charge in [0.2, 0.25) is 5.91 Å². The smallest absolute Gasteiger partial charge is 0.229 e. The number of hydrogen-bond donors (Lipinski definition) is 1. The minimum atomic E-state index is -0.470. The minimum absolute atomic E-state index is 0.258. The second-order valence-electron chi connectivity index (χ2n) is 8.08. The third-order valence-corrected chi connectivity index (χ3v) is 6.49. The van der Waals surface area contributed by atoms with E-state index in [1.807, 2.05) is 12.1 Å². The van der Waals surface area contributed by atoms with Gasteiger partial charge in [0, 0.05) is 31.9 Å². The van der Waals surface area contributed by atoms with Crippen LogP contribution in [0.1, 0.15) is 47.2 Å². The molecule has 1 amide bonds. The fourth-order valence-electron chi connectivity index (χ4n) is 4.83. The van der Waals surface area contributed by atoms with Crippen LogP contribution in [0.3, 0.4) is 0 Å². The van der Waals surface area contributed by atoms with Crippen molar-refractivity contribution in [3.63, 3.8) is 0 Å². The molecule has 2 saturated heterocycles. The zero-order chi connectivity index (χ0) is 18.1. The fraction of sp³-hybridized carbons (Fsp3) is 0.619. The van der Waals surface area contributed by atoms with Crippen molar-refractivity contribution in [3.8, 4) is 0 Å². The molecule has 2 fully saturated rings. The quantitative estimate of drug-likeness (QED) is 0.837. The highest BCUT2D eigenvalue weighted by molar-refractivity contribution is 5.97. The first-order valence-electron chi connectivity index (χ1n) is 9.74. The van der Waals surface area contributed by atoms with Crippen molar-refractivity contribution < 1.29 is 19.4 Å². The van der Waals surface area contributed by atoms with Gasteiger partial charge in [0.05, 0.1) is 5.41 Å². The van der Waals surface area contributed by atoms with Crippen LogP contribution in [0.15, 0.2) is 18.2 Å². The summed E-state index contributed by atoms with van der Waals surface area (Å²) >= 11 is 0. The van der Waals surface area contributed by atoms with Gasteiger partial charge in [-0.05, 0) is 61.6 Å². The number of rotatable bonds is 4. The lowest BCUT2D eigenvalue weighted by molar-refractivity contribution is -0.137. The Kier molecular flexibility index (Phi) is 4.84. The molecule has 1 aliphatic carbocycles. The van der Waals surface area contributed by atoms with Crippen LogP contribution in [0, 0.1) is 11.3 Å². The summed E-state index contributed by atoms with van der Waals surface area (Å²) in [5, 5.41) is 9.11. The number of likely N-dealkylation sites (tertiary alicyclic amines) is 1. The number of carbonyl (C=O) groups excluding carboxylic acids is 2. The van der Waals surface area contributed by atoms with Crippen LogP contribution in [0.5, 0.6) is 0 Å². The second kappa shape index (κ2) is 7.12. The molecule has 4 rings (SSSR count). The normalized spacial score (nSPS) is 26.3. The first kappa shape index (κ1) is 17.7. The van der Waals surface area contributed by atoms with Gasteiger partial charge in [0.1, 0.15) is 6.61 Å². The van der Waals surface area contributed by atoms with Crippen LogP contribution in [0.4, 0.5) is 0 Å². The number of aliphatic hydroxyl groups excluding tert-OH is 1. The Balaban J connectivity index is 1.50. The molecule has 1 atom stereocenters. The van der Waals surface area contributed by atoms with Crippen LogP contribution in [-0.2, 0) is 22.4 Å². The lowest BCUT2D eigenvalue weighted by Gasteiger charge is -2.34. The maximum atomic E-state index is 13.2. The van der Waals surface area contributed by atoms with Crippen LogP contribution in [0.2, 0.25) is 0 Å². The topological polar surface area (TPSA) is 66.8 Å². The lowest BCUT2D eigenvalue weighted by Crippen LogP contribution is -2.41. The number of fused-ring (bicyclic) bond motifs is 1. The Labute approximate surface area is 154 Å². The van der Waals surface area contributed by atoms with E-state index >= 15 is 0 Å². The molecule has 0 aromatic heterocycles. The maximum Gasteiger partial charge on any atom is 0.229 e. The molecule has 5 nitrogen and oxygen atoms in total. The van der Waals surface area contributed by atoms with Gasteiger partial charge >= 0.3 is 0 Å². The average molecular weight is 357 g/mol. The van der Waals surface area contributed by atoms with E-state index in [9.17, 15) is 9.59 Å². The molecule has 0 bridgehead atoms. The lowest BCUT2D eigenvalue weighted by atomic mass is 9.70. The van der Waals surface area contributed by atoms with E-state index in [1.54, 1.807) is 6.07 Å². The molecule has 2 aliphatic heterocycles. The molecule has 26 heavy (non-hydrogen) atoms. The molecule has 5 heteroatoms. The van der Waals surface area contributed by atoms with Crippen molar-refractivity contribution in [2.24, 2.45) is 11.3 Å². The Morgan fingerprint density at radius 2 is 2.04 bits per heavy atom. The van der Waals surface area contributed by atoms with Crippen LogP contribution >= 0.6 is 0 Å². The number of carbonyl (C=O) groups is 2. The molecule has 1 spiro atoms. The van der Waals surface area contributed by atoms with E-state index in [4.69, 9.17) is 9.84 Å². The average Bonchev–Trinajstić information content (AvgIpc) is 2.97. The minimum Gasteiger partial charge on any atom is -0.388 e. The number of amides is 1. The SMILES string of the molecule is O=C(CO)c1ccc2c(c1)C[C@@]1(CC2)CCN(CC2CCOCC2)C1=O. The fourth-order valence-corrected chi connectivity index (χ4v) is 4.83. The number of aryl methyl sites for hydroxylation is 1. The van der Waals surface area contributed by atoms with E-state index in [1.165, 1.54) is 5.56 Å². The Morgan fingerprint density at radius 3 is 2.81 bits per heavy atom. The number of ketones is 1. The summed E-state index contributed by atoms with van der Waals surface area (Å²) in [6.45, 7) is 2.86. The summed E-state index contributed by atoms with van der Waals surface area (Å²) in [5.74, 6) is 0.604. The predicted molar refractivity (Wildman–Crippen MR) is 97.1 cm³/mol. The van der Waals surface area contributed by atoms with Crippen molar-refractivity contribution in [2.45, 2.75) is 38.5 Å². The van der Waals surface area contributed by atoms with Crippen molar-refractivity contribution in [1.82, 2.24) is 4.90 Å². The molecule has 2 heterocycles. The number of Topliss-reactive ketones (excluding diaryl/α,β-unsaturated/α-hetero) is 1. The van der Waals surface area contributed by atoms with Crippen molar-refractivity contribution >= 4 is 11.7 Å². The summed E-state index contributed by atoms with van der Waals surface area (Å²) in [4.78, 5) is 27.1. The van der Waals surface area contributed by atoms with E-state index in [0.717, 1.165) is 70.4 Å². The molecular weight excluding hydrogens is 330 g/mol. The first-order valence-corrected chi connectivity index (χ1v) is 9.74. The van der Waals surface area contributed by atoms with E-state index in [2.05, 4.69) is 4.90 Å². The summed E-state index contributed by atoms with van der Waals surface area (Å²) in [6, 6.07) is 5.68. The summed E-state index contributed by atoms with van der Waals surface area (Å²) < 4.78 is 5.43. The third kappa shape index (κ3) is 3.19. The molecule has 1 N–H and O–H groups in total. The number of hydrogen-bond acceptors (Lipinski definition) is 4. The standard InChI is InChI=1S/C21H27NO4/c23-14-19(24)17-2-1-16-3-6-21(12-18(16)11-17)7-8-22(20(21)25)13-15-4-9-26-10-5-15/h1-2,11,15,23H,3-10,12-14H2/t21-/m1/s1. The largest absolute Gasteiger partial charge is 0.388 e. The summed E-state index contributed by atoms with van der Waals surface area (Å²) in [7, 11) is 0. The third-order valence-electron chi connectivity index (χ3n) is 6.49. The highest BCUT2D eigenvalue weighted by Crippen LogP contribution is 2.44. The molecular formula is C21H27NO4. The Hall–Kier alpha value is -1.72. The molecule has 0 saturated carbocycles. The maximum absolute atomic E-state index is 13.2. The molecule has 1 aromatic carbocycles. The van der Waals surface area contributed by atoms with Crippen LogP contribution in [0.25, 0.3) is 0 Å². The van der Waals surface area contributed by atoms with Gasteiger partial charge in [-0.25, -0.2) is 0 Å². The van der Waals surface area contributed by atoms with Gasteiger partial charge in [-0.15, -0.1) is 0 Å². The highest BCUT2D eigenvalue weighted by atomic mass is 16.5. The van der Waals surface area contributed by atoms with Crippen molar-refractivity contribution in [2.75, 3.05) is 32.9 Å². The van der Waals surface area contributed by atoms with Gasteiger partial charge in [0.15, 0.2) is 5.78 Å². The number of nitrogens with zero attached hydrogens (tertiary/aromatic N) is 1. The second-order valence-corrected chi connectivity index (χ2v) is 8.08. The monoisotopic (exact) mass is 357 g/mol. The zero-order valence-corrected chi connectivity index (χ0v) is 15.2. The summed E-state index contributed by atoms with van der Waals surface area (Å²) in [6.07, 6.45) is 5.51. The van der Waals surface area contributed by atoms with E-state index in [-0.39, 0.29) is 11.2 Å². The summed E-state index contributed by atoms with van der Waals surface area (Å²) in [5.41, 5.74) is 2.60. The number of ether oxygens (including phenoxy) is 1. The Morgan fingerprint density at radius 1 is 1.23 bits per heavy atom. The van der Waals surface area contributed by atoms with E-state index < -0.39 is 6.61 Å². The van der Waals surface area contributed by atoms with Crippen molar-refractivity contribution in [1.29, 1.82) is 0 Å². The number of benzene rings is 1. The van der Waals surface area contributed by atoms with Gasteiger partial charge in [-0.3, -0.25) is 9.59 Å². The van der Waals surface area contributed by atoms with Gasteiger partial charge in [0.25, 0.3) is 0 Å². The molecule has 3 aliphatic rings. The Bertz CT molecular complexity index is 710.